The van der Waals surface area contributed by atoms with Gasteiger partial charge in [-0.2, -0.15) is 5.10 Å². The van der Waals surface area contributed by atoms with Crippen LogP contribution in [0.1, 0.15) is 52.4 Å². The highest BCUT2D eigenvalue weighted by atomic mass is 32.1. The zero-order valence-corrected chi connectivity index (χ0v) is 12.5. The molecule has 0 radical (unpaired) electrons. The minimum absolute atomic E-state index is 0.0801. The van der Waals surface area contributed by atoms with Crippen LogP contribution in [0.4, 0.5) is 0 Å². The van der Waals surface area contributed by atoms with Crippen LogP contribution in [0.15, 0.2) is 5.10 Å². The largest absolute Gasteiger partial charge is 0.462 e. The minimum Gasteiger partial charge on any atom is -0.462 e. The van der Waals surface area contributed by atoms with Crippen molar-refractivity contribution >= 4 is 29.0 Å². The topological polar surface area (TPSA) is 76.7 Å². The highest BCUT2D eigenvalue weighted by Crippen LogP contribution is 2.27. The molecule has 0 spiro atoms. The Balaban J connectivity index is 2.36. The molecule has 0 aromatic rings. The number of nitrogens with two attached hydrogens (primary N) is 1. The van der Waals surface area contributed by atoms with Gasteiger partial charge in [-0.05, 0) is 38.4 Å². The molecule has 1 fully saturated rings. The maximum absolute atomic E-state index is 11.7. The predicted octanol–water partition coefficient (Wildman–Crippen LogP) is 2.10. The highest BCUT2D eigenvalue weighted by molar-refractivity contribution is 7.80. The van der Waals surface area contributed by atoms with Gasteiger partial charge in [-0.1, -0.05) is 19.8 Å². The van der Waals surface area contributed by atoms with E-state index >= 15 is 0 Å². The number of unbranched alkanes of at least 4 members (excludes halogenated alkanes) is 2. The number of hydrogen-bond donors (Lipinski definition) is 2. The van der Waals surface area contributed by atoms with Gasteiger partial charge in [0.15, 0.2) is 5.11 Å². The standard InChI is InChI=1S/C13H23N3O2S/c1-3-4-5-6-11-8-10(12(17)18-11)7-9(2)15-16-13(14)19/h10-11H,3-8H2,1-2H3,(H3,14,16,19)/b15-9+/t10-,11+/m1/s1. The van der Waals surface area contributed by atoms with Crippen molar-refractivity contribution in [3.05, 3.63) is 0 Å². The molecule has 0 aliphatic carbocycles. The van der Waals surface area contributed by atoms with Gasteiger partial charge in [0, 0.05) is 12.1 Å². The number of nitrogens with one attached hydrogen (secondary N) is 1. The highest BCUT2D eigenvalue weighted by Gasteiger charge is 2.34. The fourth-order valence-corrected chi connectivity index (χ4v) is 2.29. The van der Waals surface area contributed by atoms with E-state index in [0.29, 0.717) is 6.42 Å². The number of carbonyl (C=O) groups excluding carboxylic acids is 1. The van der Waals surface area contributed by atoms with Crippen molar-refractivity contribution in [2.24, 2.45) is 16.8 Å². The molecular weight excluding hydrogens is 262 g/mol. The summed E-state index contributed by atoms with van der Waals surface area (Å²) in [6.07, 6.45) is 5.94. The smallest absolute Gasteiger partial charge is 0.309 e. The molecule has 0 aromatic carbocycles. The summed E-state index contributed by atoms with van der Waals surface area (Å²) < 4.78 is 5.38. The Kier molecular flexibility index (Phi) is 6.77. The van der Waals surface area contributed by atoms with Crippen molar-refractivity contribution < 1.29 is 9.53 Å². The van der Waals surface area contributed by atoms with Gasteiger partial charge < -0.3 is 10.5 Å². The first-order valence-electron chi connectivity index (χ1n) is 6.82. The van der Waals surface area contributed by atoms with E-state index in [9.17, 15) is 4.79 Å². The first kappa shape index (κ1) is 15.9. The fraction of sp³-hybridized carbons (Fsp3) is 0.769. The molecule has 1 aliphatic rings. The van der Waals surface area contributed by atoms with Crippen LogP contribution >= 0.6 is 12.2 Å². The van der Waals surface area contributed by atoms with Crippen LogP contribution in [0.2, 0.25) is 0 Å². The summed E-state index contributed by atoms with van der Waals surface area (Å²) in [5.41, 5.74) is 8.63. The summed E-state index contributed by atoms with van der Waals surface area (Å²) in [5.74, 6) is -0.185. The second-order valence-electron chi connectivity index (χ2n) is 5.01. The molecule has 1 saturated heterocycles. The first-order valence-corrected chi connectivity index (χ1v) is 7.22. The SMILES string of the molecule is CCCCC[C@H]1C[C@@H](C/C(C)=N/NC(N)=S)C(=O)O1. The lowest BCUT2D eigenvalue weighted by atomic mass is 9.97. The Morgan fingerprint density at radius 1 is 1.58 bits per heavy atom. The van der Waals surface area contributed by atoms with Gasteiger partial charge >= 0.3 is 5.97 Å². The molecule has 1 aliphatic heterocycles. The number of esters is 1. The fourth-order valence-electron chi connectivity index (χ4n) is 2.24. The van der Waals surface area contributed by atoms with E-state index in [2.05, 4.69) is 29.7 Å². The third-order valence-electron chi connectivity index (χ3n) is 3.19. The normalized spacial score (nSPS) is 23.3. The van der Waals surface area contributed by atoms with Crippen LogP contribution in [0.25, 0.3) is 0 Å². The van der Waals surface area contributed by atoms with Crippen molar-refractivity contribution in [3.63, 3.8) is 0 Å². The van der Waals surface area contributed by atoms with Gasteiger partial charge in [0.1, 0.15) is 6.10 Å². The third-order valence-corrected chi connectivity index (χ3v) is 3.28. The maximum Gasteiger partial charge on any atom is 0.309 e. The van der Waals surface area contributed by atoms with E-state index in [-0.39, 0.29) is 23.1 Å². The van der Waals surface area contributed by atoms with Crippen LogP contribution in [0, 0.1) is 5.92 Å². The average Bonchev–Trinajstić information content (AvgIpc) is 2.68. The molecule has 6 heteroatoms. The van der Waals surface area contributed by atoms with Crippen molar-refractivity contribution in [2.75, 3.05) is 0 Å². The van der Waals surface area contributed by atoms with E-state index in [1.807, 2.05) is 6.92 Å². The number of cyclic esters (lactones) is 1. The van der Waals surface area contributed by atoms with Crippen LogP contribution in [-0.2, 0) is 9.53 Å². The molecule has 19 heavy (non-hydrogen) atoms. The third kappa shape index (κ3) is 6.00. The van der Waals surface area contributed by atoms with Gasteiger partial charge in [0.2, 0.25) is 0 Å². The number of carbonyl (C=O) groups is 1. The molecule has 1 heterocycles. The summed E-state index contributed by atoms with van der Waals surface area (Å²) in [7, 11) is 0. The molecule has 3 N–H and O–H groups in total. The molecular formula is C13H23N3O2S. The van der Waals surface area contributed by atoms with Gasteiger partial charge in [-0.15, -0.1) is 0 Å². The van der Waals surface area contributed by atoms with Crippen molar-refractivity contribution in [3.8, 4) is 0 Å². The predicted molar refractivity (Wildman–Crippen MR) is 79.8 cm³/mol. The summed E-state index contributed by atoms with van der Waals surface area (Å²) in [6.45, 7) is 4.02. The van der Waals surface area contributed by atoms with Gasteiger partial charge in [-0.25, -0.2) is 0 Å². The lowest BCUT2D eigenvalue weighted by Crippen LogP contribution is -2.25. The molecule has 5 nitrogen and oxygen atoms in total. The minimum atomic E-state index is -0.105. The van der Waals surface area contributed by atoms with Crippen molar-refractivity contribution in [1.29, 1.82) is 0 Å². The van der Waals surface area contributed by atoms with Crippen molar-refractivity contribution in [2.45, 2.75) is 58.5 Å². The maximum atomic E-state index is 11.7. The molecule has 1 rings (SSSR count). The first-order chi connectivity index (χ1) is 9.02. The van der Waals surface area contributed by atoms with Crippen LogP contribution < -0.4 is 11.2 Å². The van der Waals surface area contributed by atoms with Gasteiger partial charge in [-0.3, -0.25) is 10.2 Å². The molecule has 0 aromatic heterocycles. The number of rotatable bonds is 7. The molecule has 0 unspecified atom stereocenters. The number of ether oxygens (including phenoxy) is 1. The number of thiocarbonyl (C=S) groups is 1. The van der Waals surface area contributed by atoms with Crippen LogP contribution in [0.3, 0.4) is 0 Å². The zero-order chi connectivity index (χ0) is 14.3. The molecule has 2 atom stereocenters. The Hall–Kier alpha value is -1.17. The summed E-state index contributed by atoms with van der Waals surface area (Å²) >= 11 is 4.67. The van der Waals surface area contributed by atoms with E-state index in [0.717, 1.165) is 25.0 Å². The second-order valence-corrected chi connectivity index (χ2v) is 5.45. The van der Waals surface area contributed by atoms with Crippen molar-refractivity contribution in [1.82, 2.24) is 5.43 Å². The average molecular weight is 285 g/mol. The molecule has 108 valence electrons. The quantitative estimate of drug-likeness (QED) is 0.246. The summed E-state index contributed by atoms with van der Waals surface area (Å²) in [6, 6.07) is 0. The number of hydrogen-bond acceptors (Lipinski definition) is 4. The van der Waals surface area contributed by atoms with E-state index in [4.69, 9.17) is 10.5 Å². The van der Waals surface area contributed by atoms with Crippen LogP contribution in [-0.4, -0.2) is 22.9 Å². The van der Waals surface area contributed by atoms with Crippen LogP contribution in [0.5, 0.6) is 0 Å². The monoisotopic (exact) mass is 285 g/mol. The Labute approximate surface area is 120 Å². The van der Waals surface area contributed by atoms with Gasteiger partial charge in [0.25, 0.3) is 0 Å². The summed E-state index contributed by atoms with van der Waals surface area (Å²) in [5, 5.41) is 4.15. The Morgan fingerprint density at radius 3 is 2.95 bits per heavy atom. The molecule has 0 saturated carbocycles. The Morgan fingerprint density at radius 2 is 2.32 bits per heavy atom. The second kappa shape index (κ2) is 8.09. The van der Waals surface area contributed by atoms with E-state index in [1.54, 1.807) is 0 Å². The molecule has 0 amide bonds. The zero-order valence-electron chi connectivity index (χ0n) is 11.6. The lowest BCUT2D eigenvalue weighted by molar-refractivity contribution is -0.144. The number of hydrazone groups is 1. The Bertz CT molecular complexity index is 358. The summed E-state index contributed by atoms with van der Waals surface area (Å²) in [4.78, 5) is 11.7. The van der Waals surface area contributed by atoms with Gasteiger partial charge in [0.05, 0.1) is 5.92 Å². The number of nitrogens with zero attached hydrogens (tertiary/aromatic N) is 1. The lowest BCUT2D eigenvalue weighted by Gasteiger charge is -2.07. The van der Waals surface area contributed by atoms with E-state index < -0.39 is 0 Å². The molecule has 0 bridgehead atoms. The van der Waals surface area contributed by atoms with E-state index in [1.165, 1.54) is 12.8 Å².